The molecule has 2 aliphatic rings. The molecule has 12 unspecified atom stereocenters. The van der Waals surface area contributed by atoms with Gasteiger partial charge in [-0.3, -0.25) is 4.79 Å². The van der Waals surface area contributed by atoms with Gasteiger partial charge in [-0.1, -0.05) is 178 Å². The summed E-state index contributed by atoms with van der Waals surface area (Å²) in [5.41, 5.74) is 0. The van der Waals surface area contributed by atoms with Crippen LogP contribution < -0.4 is 5.32 Å². The Kier molecular flexibility index (Phi) is 36.1. The molecule has 0 aromatic heterocycles. The van der Waals surface area contributed by atoms with Gasteiger partial charge in [0.2, 0.25) is 5.91 Å². The zero-order valence-corrected chi connectivity index (χ0v) is 41.4. The van der Waals surface area contributed by atoms with Crippen molar-refractivity contribution in [3.05, 3.63) is 48.6 Å². The minimum absolute atomic E-state index is 0.232. The van der Waals surface area contributed by atoms with Gasteiger partial charge < -0.3 is 65.1 Å². The summed E-state index contributed by atoms with van der Waals surface area (Å²) in [7, 11) is 0. The van der Waals surface area contributed by atoms with Crippen molar-refractivity contribution in [3.63, 3.8) is 0 Å². The molecule has 0 spiro atoms. The van der Waals surface area contributed by atoms with Crippen LogP contribution in [-0.4, -0.2) is 140 Å². The normalized spacial score (nSPS) is 27.0. The fourth-order valence-electron chi connectivity index (χ4n) is 8.52. The molecule has 0 bridgehead atoms. The van der Waals surface area contributed by atoms with Crippen LogP contribution in [0.4, 0.5) is 0 Å². The van der Waals surface area contributed by atoms with Crippen molar-refractivity contribution in [2.75, 3.05) is 19.8 Å². The van der Waals surface area contributed by atoms with Crippen molar-refractivity contribution in [2.45, 2.75) is 261 Å². The van der Waals surface area contributed by atoms with Crippen molar-refractivity contribution < 1.29 is 64.6 Å². The second-order valence-electron chi connectivity index (χ2n) is 18.6. The molecule has 67 heavy (non-hydrogen) atoms. The van der Waals surface area contributed by atoms with E-state index in [2.05, 4.69) is 67.8 Å². The molecule has 0 radical (unpaired) electrons. The zero-order valence-electron chi connectivity index (χ0n) is 41.4. The maximum Gasteiger partial charge on any atom is 0.220 e. The number of unbranched alkanes of at least 4 members (excludes halogenated alkanes) is 19. The molecule has 14 heteroatoms. The van der Waals surface area contributed by atoms with E-state index in [1.165, 1.54) is 77.0 Å². The van der Waals surface area contributed by atoms with Gasteiger partial charge in [-0.15, -0.1) is 0 Å². The number of allylic oxidation sites excluding steroid dienone is 8. The predicted molar refractivity (Wildman–Crippen MR) is 263 cm³/mol. The summed E-state index contributed by atoms with van der Waals surface area (Å²) < 4.78 is 22.8. The fourth-order valence-corrected chi connectivity index (χ4v) is 8.52. The second kappa shape index (κ2) is 39.6. The topological polar surface area (TPSA) is 228 Å². The van der Waals surface area contributed by atoms with Gasteiger partial charge in [0.25, 0.3) is 0 Å². The highest BCUT2D eigenvalue weighted by Crippen LogP contribution is 2.30. The molecule has 14 nitrogen and oxygen atoms in total. The molecule has 2 rings (SSSR count). The molecule has 9 N–H and O–H groups in total. The SMILES string of the molecule is CC/C=C\C/C=C\C/C=C\C/C=C\CCCCCCC(=O)NC(COC1OC(CO)C(OC2OC(CO)C(O)C(O)C2O)C(O)C1O)C(O)CCCCCCCCCCCCCCCCCC. The van der Waals surface area contributed by atoms with Crippen LogP contribution in [0.1, 0.15) is 187 Å². The lowest BCUT2D eigenvalue weighted by Crippen LogP contribution is -2.65. The third-order valence-electron chi connectivity index (χ3n) is 12.8. The Hall–Kier alpha value is -2.05. The van der Waals surface area contributed by atoms with Crippen LogP contribution in [0.3, 0.4) is 0 Å². The van der Waals surface area contributed by atoms with Crippen LogP contribution in [0, 0.1) is 0 Å². The van der Waals surface area contributed by atoms with E-state index in [1.54, 1.807) is 0 Å². The number of hydrogen-bond acceptors (Lipinski definition) is 13. The van der Waals surface area contributed by atoms with E-state index in [9.17, 15) is 45.6 Å². The highest BCUT2D eigenvalue weighted by molar-refractivity contribution is 5.76. The smallest absolute Gasteiger partial charge is 0.220 e. The Labute approximate surface area is 403 Å². The van der Waals surface area contributed by atoms with Crippen molar-refractivity contribution >= 4 is 5.91 Å². The number of carbonyl (C=O) groups is 1. The molecule has 0 saturated carbocycles. The number of rotatable bonds is 40. The highest BCUT2D eigenvalue weighted by Gasteiger charge is 2.51. The molecule has 2 aliphatic heterocycles. The predicted octanol–water partition coefficient (Wildman–Crippen LogP) is 7.27. The summed E-state index contributed by atoms with van der Waals surface area (Å²) >= 11 is 0. The van der Waals surface area contributed by atoms with E-state index < -0.39 is 86.8 Å². The van der Waals surface area contributed by atoms with Crippen molar-refractivity contribution in [1.82, 2.24) is 5.32 Å². The molecule has 2 heterocycles. The molecular formula is C53H95NO13. The summed E-state index contributed by atoms with van der Waals surface area (Å²) in [6.45, 7) is 2.72. The summed E-state index contributed by atoms with van der Waals surface area (Å²) in [6.07, 6.45) is 29.6. The van der Waals surface area contributed by atoms with Gasteiger partial charge in [-0.05, 0) is 51.4 Å². The molecule has 0 aromatic rings. The standard InChI is InChI=1S/C53H95NO13/c1-3-5-7-9-11-13-15-17-19-21-23-25-27-29-31-33-35-37-45(58)54-41(42(57)36-34-32-30-28-26-24-22-20-18-16-14-12-10-8-6-4-2)40-64-52-50(63)48(61)51(44(39-56)66-52)67-53-49(62)47(60)46(59)43(38-55)65-53/h5,7,11,13,17,19,23,25,41-44,46-53,55-57,59-63H,3-4,6,8-10,12,14-16,18,20-22,24,26-40H2,1-2H3,(H,54,58)/b7-5-,13-11-,19-17-,25-23-. The number of ether oxygens (including phenoxy) is 4. The monoisotopic (exact) mass is 954 g/mol. The third-order valence-corrected chi connectivity index (χ3v) is 12.8. The number of nitrogens with one attached hydrogen (secondary N) is 1. The molecule has 12 atom stereocenters. The van der Waals surface area contributed by atoms with Crippen LogP contribution in [0.5, 0.6) is 0 Å². The molecular weight excluding hydrogens is 859 g/mol. The molecule has 0 aliphatic carbocycles. The van der Waals surface area contributed by atoms with Crippen molar-refractivity contribution in [2.24, 2.45) is 0 Å². The summed E-state index contributed by atoms with van der Waals surface area (Å²) in [5.74, 6) is -0.232. The Morgan fingerprint density at radius 2 is 1.03 bits per heavy atom. The number of aliphatic hydroxyl groups excluding tert-OH is 8. The fraction of sp³-hybridized carbons (Fsp3) is 0.830. The van der Waals surface area contributed by atoms with Gasteiger partial charge in [-0.2, -0.15) is 0 Å². The Morgan fingerprint density at radius 3 is 1.58 bits per heavy atom. The number of aliphatic hydroxyl groups is 8. The Bertz CT molecular complexity index is 1310. The second-order valence-corrected chi connectivity index (χ2v) is 18.6. The van der Waals surface area contributed by atoms with Gasteiger partial charge in [0, 0.05) is 6.42 Å². The van der Waals surface area contributed by atoms with Gasteiger partial charge in [0.05, 0.1) is 32.0 Å². The zero-order chi connectivity index (χ0) is 48.9. The van der Waals surface area contributed by atoms with E-state index >= 15 is 0 Å². The van der Waals surface area contributed by atoms with Crippen LogP contribution in [0.15, 0.2) is 48.6 Å². The van der Waals surface area contributed by atoms with E-state index in [-0.39, 0.29) is 18.9 Å². The summed E-state index contributed by atoms with van der Waals surface area (Å²) in [5, 5.41) is 87.0. The lowest BCUT2D eigenvalue weighted by molar-refractivity contribution is -0.359. The van der Waals surface area contributed by atoms with Crippen LogP contribution >= 0.6 is 0 Å². The first-order chi connectivity index (χ1) is 32.6. The van der Waals surface area contributed by atoms with E-state index in [0.29, 0.717) is 12.8 Å². The van der Waals surface area contributed by atoms with Gasteiger partial charge in [-0.25, -0.2) is 0 Å². The van der Waals surface area contributed by atoms with Crippen molar-refractivity contribution in [3.8, 4) is 0 Å². The van der Waals surface area contributed by atoms with Crippen LogP contribution in [-0.2, 0) is 23.7 Å². The first-order valence-corrected chi connectivity index (χ1v) is 26.4. The lowest BCUT2D eigenvalue weighted by Gasteiger charge is -2.46. The minimum atomic E-state index is -1.79. The maximum atomic E-state index is 13.2. The van der Waals surface area contributed by atoms with E-state index in [0.717, 1.165) is 77.0 Å². The average Bonchev–Trinajstić information content (AvgIpc) is 3.32. The Balaban J connectivity index is 1.83. The van der Waals surface area contributed by atoms with Crippen molar-refractivity contribution in [1.29, 1.82) is 0 Å². The van der Waals surface area contributed by atoms with E-state index in [1.807, 2.05) is 0 Å². The molecule has 2 fully saturated rings. The average molecular weight is 954 g/mol. The third kappa shape index (κ3) is 26.7. The first kappa shape index (κ1) is 61.1. The quantitative estimate of drug-likeness (QED) is 0.0218. The largest absolute Gasteiger partial charge is 0.394 e. The van der Waals surface area contributed by atoms with Gasteiger partial charge >= 0.3 is 0 Å². The highest BCUT2D eigenvalue weighted by atomic mass is 16.7. The molecule has 1 amide bonds. The lowest BCUT2D eigenvalue weighted by atomic mass is 9.97. The number of amides is 1. The first-order valence-electron chi connectivity index (χ1n) is 26.4. The summed E-state index contributed by atoms with van der Waals surface area (Å²) in [6, 6.07) is -0.842. The maximum absolute atomic E-state index is 13.2. The molecule has 0 aromatic carbocycles. The minimum Gasteiger partial charge on any atom is -0.394 e. The van der Waals surface area contributed by atoms with E-state index in [4.69, 9.17) is 18.9 Å². The summed E-state index contributed by atoms with van der Waals surface area (Å²) in [4.78, 5) is 13.2. The van der Waals surface area contributed by atoms with Crippen LogP contribution in [0.25, 0.3) is 0 Å². The number of hydrogen-bond donors (Lipinski definition) is 9. The molecule has 390 valence electrons. The van der Waals surface area contributed by atoms with Gasteiger partial charge in [0.15, 0.2) is 12.6 Å². The Morgan fingerprint density at radius 1 is 0.552 bits per heavy atom. The van der Waals surface area contributed by atoms with Gasteiger partial charge in [0.1, 0.15) is 48.8 Å². The van der Waals surface area contributed by atoms with Crippen LogP contribution in [0.2, 0.25) is 0 Å². The molecule has 2 saturated heterocycles. The number of carbonyl (C=O) groups excluding carboxylic acids is 1.